The van der Waals surface area contributed by atoms with E-state index in [1.54, 1.807) is 11.4 Å². The average Bonchev–Trinajstić information content (AvgIpc) is 3.59. The lowest BCUT2D eigenvalue weighted by atomic mass is 9.45. The Morgan fingerprint density at radius 1 is 1.05 bits per heavy atom. The molecule has 12 atom stereocenters. The van der Waals surface area contributed by atoms with E-state index in [1.165, 1.54) is 0 Å². The van der Waals surface area contributed by atoms with E-state index in [0.29, 0.717) is 29.5 Å². The number of rotatable bonds is 3. The first-order valence-electron chi connectivity index (χ1n) is 14.6. The minimum absolute atomic E-state index is 0.0192. The lowest BCUT2D eigenvalue weighted by Crippen LogP contribution is -2.60. The van der Waals surface area contributed by atoms with E-state index in [0.717, 1.165) is 71.0 Å². The first-order chi connectivity index (χ1) is 17.5. The first-order valence-corrected chi connectivity index (χ1v) is 16.9. The predicted octanol–water partition coefficient (Wildman–Crippen LogP) is 5.70. The number of piperidine rings is 1. The maximum absolute atomic E-state index is 14.0. The summed E-state index contributed by atoms with van der Waals surface area (Å²) in [6, 6.07) is 0. The Hall–Kier alpha value is -0.650. The number of nitrogens with zero attached hydrogens (tertiary/aromatic N) is 1. The maximum Gasteiger partial charge on any atom is 0.414 e. The van der Waals surface area contributed by atoms with Crippen molar-refractivity contribution in [3.8, 4) is 0 Å². The Balaban J connectivity index is 1.44. The van der Waals surface area contributed by atoms with Crippen molar-refractivity contribution in [3.63, 3.8) is 0 Å². The molecule has 2 saturated heterocycles. The quantitative estimate of drug-likeness (QED) is 0.455. The molecule has 0 aromatic carbocycles. The molecular formula is C29H47N2O4PS. The number of amides is 2. The summed E-state index contributed by atoms with van der Waals surface area (Å²) in [5.74, 6) is 1.61. The summed E-state index contributed by atoms with van der Waals surface area (Å²) in [6.07, 6.45) is 6.80. The van der Waals surface area contributed by atoms with Crippen LogP contribution < -0.4 is 5.32 Å². The molecule has 6 nitrogen and oxygen atoms in total. The minimum atomic E-state index is -0.576. The van der Waals surface area contributed by atoms with Gasteiger partial charge in [-0.1, -0.05) is 36.1 Å². The molecule has 1 N–H and O–H groups in total. The highest BCUT2D eigenvalue weighted by Crippen LogP contribution is 2.68. The molecule has 0 aromatic rings. The minimum Gasteiger partial charge on any atom is -0.445 e. The lowest BCUT2D eigenvalue weighted by molar-refractivity contribution is -0.161. The summed E-state index contributed by atoms with van der Waals surface area (Å²) < 4.78 is 5.88. The fraction of sp³-hybridized carbons (Fsp3) is 0.897. The SMILES string of the molecule is C[C@@H]1CCC23CC[C@@H](C)[C@](C)(C12)[C@H](OC(=O)NC(=O)[C@H]1CN2CC[C@@H]1C2)CCC[C@@](C)(SP)C(=O)[C@@H]3C. The van der Waals surface area contributed by atoms with Crippen LogP contribution in [0.2, 0.25) is 0 Å². The van der Waals surface area contributed by atoms with Gasteiger partial charge in [0.2, 0.25) is 5.91 Å². The van der Waals surface area contributed by atoms with E-state index in [2.05, 4.69) is 53.3 Å². The van der Waals surface area contributed by atoms with Gasteiger partial charge in [-0.3, -0.25) is 14.9 Å². The van der Waals surface area contributed by atoms with Gasteiger partial charge in [-0.2, -0.15) is 0 Å². The zero-order valence-corrected chi connectivity index (χ0v) is 25.4. The summed E-state index contributed by atoms with van der Waals surface area (Å²) in [5, 5.41) is 2.65. The Kier molecular flexibility index (Phi) is 7.60. The summed E-state index contributed by atoms with van der Waals surface area (Å²) in [6.45, 7) is 14.1. The predicted molar refractivity (Wildman–Crippen MR) is 151 cm³/mol. The van der Waals surface area contributed by atoms with Gasteiger partial charge in [0, 0.05) is 24.4 Å². The van der Waals surface area contributed by atoms with E-state index >= 15 is 0 Å². The molecule has 37 heavy (non-hydrogen) atoms. The second-order valence-electron chi connectivity index (χ2n) is 13.7. The van der Waals surface area contributed by atoms with Gasteiger partial charge in [0.25, 0.3) is 0 Å². The lowest BCUT2D eigenvalue weighted by Gasteiger charge is -2.60. The number of imide groups is 1. The number of fused-ring (bicyclic) bond motifs is 2. The standard InChI is InChI=1S/C29H47N2O4PS/c1-17-8-12-29-13-9-18(2)28(5,23(17)29)22(7-6-11-27(4,37-36)24(32)19(29)3)35-26(34)30-25(33)21-16-31-14-10-20(21)15-31/h17-23H,6-16,36H2,1-5H3,(H,30,33,34)/t17-,18-,19+,20-,21+,22-,23?,27-,28+,29?/m1/s1. The highest BCUT2D eigenvalue weighted by atomic mass is 32.7. The molecule has 8 heteroatoms. The summed E-state index contributed by atoms with van der Waals surface area (Å²) in [4.78, 5) is 42.7. The van der Waals surface area contributed by atoms with Gasteiger partial charge in [-0.15, -0.1) is 11.4 Å². The second kappa shape index (κ2) is 10.1. The average molecular weight is 551 g/mol. The summed E-state index contributed by atoms with van der Waals surface area (Å²) in [5.41, 5.74) is -0.286. The third kappa shape index (κ3) is 4.42. The van der Waals surface area contributed by atoms with Gasteiger partial charge in [-0.05, 0) is 93.9 Å². The van der Waals surface area contributed by atoms with Crippen molar-refractivity contribution < 1.29 is 19.1 Å². The zero-order valence-electron chi connectivity index (χ0n) is 23.4. The van der Waals surface area contributed by atoms with Crippen LogP contribution in [-0.4, -0.2) is 53.2 Å². The number of carbonyl (C=O) groups is 3. The van der Waals surface area contributed by atoms with Gasteiger partial charge in [-0.25, -0.2) is 4.79 Å². The third-order valence-electron chi connectivity index (χ3n) is 12.0. The summed E-state index contributed by atoms with van der Waals surface area (Å²) in [7, 11) is 2.75. The maximum atomic E-state index is 14.0. The molecule has 0 radical (unpaired) electrons. The molecule has 0 spiro atoms. The van der Waals surface area contributed by atoms with Crippen LogP contribution in [0, 0.1) is 46.3 Å². The number of hydrogen-bond acceptors (Lipinski definition) is 6. The Morgan fingerprint density at radius 3 is 2.43 bits per heavy atom. The van der Waals surface area contributed by atoms with E-state index < -0.39 is 10.8 Å². The number of hydrogen-bond donors (Lipinski definition) is 1. The van der Waals surface area contributed by atoms with Crippen LogP contribution in [0.15, 0.2) is 0 Å². The molecule has 2 aliphatic heterocycles. The van der Waals surface area contributed by atoms with E-state index in [1.807, 2.05) is 0 Å². The van der Waals surface area contributed by atoms with Gasteiger partial charge < -0.3 is 9.64 Å². The molecule has 208 valence electrons. The number of alkyl carbamates (subject to hydrolysis) is 1. The van der Waals surface area contributed by atoms with Gasteiger partial charge >= 0.3 is 6.09 Å². The van der Waals surface area contributed by atoms with Crippen molar-refractivity contribution in [1.82, 2.24) is 10.2 Å². The molecule has 3 saturated carbocycles. The fourth-order valence-corrected chi connectivity index (χ4v) is 11.0. The molecule has 3 aliphatic carbocycles. The first kappa shape index (κ1) is 27.9. The number of ketones is 1. The van der Waals surface area contributed by atoms with E-state index in [4.69, 9.17) is 4.74 Å². The van der Waals surface area contributed by atoms with Crippen LogP contribution in [0.1, 0.15) is 86.0 Å². The second-order valence-corrected chi connectivity index (χ2v) is 15.5. The van der Waals surface area contributed by atoms with Crippen molar-refractivity contribution >= 4 is 37.6 Å². The fourth-order valence-electron chi connectivity index (χ4n) is 9.73. The van der Waals surface area contributed by atoms with Crippen LogP contribution in [0.4, 0.5) is 4.79 Å². The zero-order chi connectivity index (χ0) is 26.8. The highest BCUT2D eigenvalue weighted by molar-refractivity contribution is 8.45. The summed E-state index contributed by atoms with van der Waals surface area (Å²) >= 11 is 1.60. The third-order valence-corrected chi connectivity index (χ3v) is 14.5. The molecular weight excluding hydrogens is 503 g/mol. The topological polar surface area (TPSA) is 75.7 Å². The molecule has 2 amide bonds. The van der Waals surface area contributed by atoms with Crippen LogP contribution in [0.5, 0.6) is 0 Å². The molecule has 5 aliphatic rings. The van der Waals surface area contributed by atoms with Crippen molar-refractivity contribution in [2.45, 2.75) is 96.8 Å². The van der Waals surface area contributed by atoms with Gasteiger partial charge in [0.05, 0.1) is 10.7 Å². The molecule has 4 unspecified atom stereocenters. The number of Topliss-reactive ketones (excluding diaryl/α,β-unsaturated/α-hetero) is 1. The Labute approximate surface area is 229 Å². The Bertz CT molecular complexity index is 949. The smallest absolute Gasteiger partial charge is 0.414 e. The van der Waals surface area contributed by atoms with Gasteiger partial charge in [0.15, 0.2) is 5.78 Å². The van der Waals surface area contributed by atoms with Gasteiger partial charge in [0.1, 0.15) is 6.10 Å². The molecule has 0 aromatic heterocycles. The van der Waals surface area contributed by atoms with E-state index in [-0.39, 0.29) is 34.7 Å². The van der Waals surface area contributed by atoms with Crippen LogP contribution in [-0.2, 0) is 14.3 Å². The van der Waals surface area contributed by atoms with E-state index in [9.17, 15) is 14.4 Å². The van der Waals surface area contributed by atoms with Crippen LogP contribution >= 0.6 is 19.8 Å². The highest BCUT2D eigenvalue weighted by Gasteiger charge is 2.65. The molecule has 5 rings (SSSR count). The normalized spacial score (nSPS) is 49.4. The monoisotopic (exact) mass is 550 g/mol. The van der Waals surface area contributed by atoms with Crippen molar-refractivity contribution in [3.05, 3.63) is 0 Å². The number of nitrogens with one attached hydrogen (secondary N) is 1. The number of ether oxygens (including phenoxy) is 1. The van der Waals surface area contributed by atoms with Crippen molar-refractivity contribution in [1.29, 1.82) is 0 Å². The van der Waals surface area contributed by atoms with Crippen LogP contribution in [0.3, 0.4) is 0 Å². The van der Waals surface area contributed by atoms with Crippen molar-refractivity contribution in [2.75, 3.05) is 19.6 Å². The molecule has 5 fully saturated rings. The number of carbonyl (C=O) groups excluding carboxylic acids is 3. The molecule has 4 bridgehead atoms. The molecule has 2 heterocycles. The van der Waals surface area contributed by atoms with Crippen molar-refractivity contribution in [2.24, 2.45) is 46.3 Å². The Morgan fingerprint density at radius 2 is 1.78 bits per heavy atom. The van der Waals surface area contributed by atoms with Crippen LogP contribution in [0.25, 0.3) is 0 Å². The largest absolute Gasteiger partial charge is 0.445 e.